The lowest BCUT2D eigenvalue weighted by molar-refractivity contribution is -0.0339. The molecule has 26 heavy (non-hydrogen) atoms. The number of rotatable bonds is 2. The fourth-order valence-electron chi connectivity index (χ4n) is 2.65. The molecule has 8 nitrogen and oxygen atoms in total. The van der Waals surface area contributed by atoms with E-state index in [0.29, 0.717) is 18.8 Å². The first-order chi connectivity index (χ1) is 12.2. The predicted molar refractivity (Wildman–Crippen MR) is 92.2 cm³/mol. The van der Waals surface area contributed by atoms with E-state index in [1.54, 1.807) is 11.1 Å². The van der Waals surface area contributed by atoms with Crippen molar-refractivity contribution in [2.24, 2.45) is 0 Å². The molecule has 2 aromatic rings. The number of nitrogens with zero attached hydrogens (tertiary/aromatic N) is 4. The van der Waals surface area contributed by atoms with Gasteiger partial charge in [0.15, 0.2) is 11.6 Å². The molecule has 9 heteroatoms. The van der Waals surface area contributed by atoms with Gasteiger partial charge in [0, 0.05) is 18.8 Å². The Kier molecular flexibility index (Phi) is 4.82. The van der Waals surface area contributed by atoms with Gasteiger partial charge < -0.3 is 15.2 Å². The first kappa shape index (κ1) is 18.1. The van der Waals surface area contributed by atoms with Crippen LogP contribution in [0.25, 0.3) is 5.82 Å². The highest BCUT2D eigenvalue weighted by atomic mass is 19.1. The third kappa shape index (κ3) is 3.93. The lowest BCUT2D eigenvalue weighted by Gasteiger charge is -2.35. The first-order valence-corrected chi connectivity index (χ1v) is 8.27. The van der Waals surface area contributed by atoms with Crippen LogP contribution in [0.15, 0.2) is 24.8 Å². The minimum Gasteiger partial charge on any atom is -0.444 e. The molecule has 3 heterocycles. The van der Waals surface area contributed by atoms with E-state index in [-0.39, 0.29) is 18.1 Å². The average molecular weight is 363 g/mol. The topological polar surface area (TPSA) is 95.5 Å². The smallest absolute Gasteiger partial charge is 0.411 e. The van der Waals surface area contributed by atoms with Gasteiger partial charge in [-0.15, -0.1) is 0 Å². The number of halogens is 1. The standard InChI is InChI=1S/C17H22FN5O3/c1-17(2,3)26-16(24)23-4-5-25-9-14(23)13-8-22(10-21-13)15-12(18)6-11(19)7-20-15/h6-8,10,14H,4-5,9,19H2,1-3H3. The first-order valence-electron chi connectivity index (χ1n) is 8.27. The van der Waals surface area contributed by atoms with E-state index in [1.165, 1.54) is 23.2 Å². The zero-order valence-corrected chi connectivity index (χ0v) is 15.0. The molecule has 1 aliphatic heterocycles. The summed E-state index contributed by atoms with van der Waals surface area (Å²) in [4.78, 5) is 22.4. The highest BCUT2D eigenvalue weighted by molar-refractivity contribution is 5.69. The molecule has 0 aliphatic carbocycles. The molecule has 1 saturated heterocycles. The van der Waals surface area contributed by atoms with Crippen LogP contribution in [-0.2, 0) is 9.47 Å². The van der Waals surface area contributed by atoms with Crippen molar-refractivity contribution in [2.75, 3.05) is 25.5 Å². The molecular formula is C17H22FN5O3. The largest absolute Gasteiger partial charge is 0.444 e. The number of carbonyl (C=O) groups is 1. The number of morpholine rings is 1. The third-order valence-corrected chi connectivity index (χ3v) is 3.79. The number of amides is 1. The minimum absolute atomic E-state index is 0.0819. The highest BCUT2D eigenvalue weighted by Crippen LogP contribution is 2.26. The molecule has 0 radical (unpaired) electrons. The molecule has 1 atom stereocenters. The molecule has 3 rings (SSSR count). The van der Waals surface area contributed by atoms with Crippen molar-refractivity contribution in [1.82, 2.24) is 19.4 Å². The van der Waals surface area contributed by atoms with E-state index in [4.69, 9.17) is 15.2 Å². The van der Waals surface area contributed by atoms with E-state index in [9.17, 15) is 9.18 Å². The summed E-state index contributed by atoms with van der Waals surface area (Å²) in [5, 5.41) is 0. The quantitative estimate of drug-likeness (QED) is 0.880. The van der Waals surface area contributed by atoms with Crippen molar-refractivity contribution >= 4 is 11.8 Å². The van der Waals surface area contributed by atoms with Crippen molar-refractivity contribution in [3.8, 4) is 5.82 Å². The van der Waals surface area contributed by atoms with Gasteiger partial charge >= 0.3 is 6.09 Å². The van der Waals surface area contributed by atoms with E-state index in [0.717, 1.165) is 0 Å². The van der Waals surface area contributed by atoms with Crippen LogP contribution in [0.4, 0.5) is 14.9 Å². The summed E-state index contributed by atoms with van der Waals surface area (Å²) in [5.74, 6) is -0.476. The van der Waals surface area contributed by atoms with Gasteiger partial charge in [-0.3, -0.25) is 9.47 Å². The monoisotopic (exact) mass is 363 g/mol. The van der Waals surface area contributed by atoms with Crippen molar-refractivity contribution in [1.29, 1.82) is 0 Å². The van der Waals surface area contributed by atoms with Crippen molar-refractivity contribution < 1.29 is 18.7 Å². The predicted octanol–water partition coefficient (Wildman–Crippen LogP) is 2.30. The van der Waals surface area contributed by atoms with E-state index in [1.807, 2.05) is 20.8 Å². The van der Waals surface area contributed by atoms with Gasteiger partial charge in [-0.1, -0.05) is 0 Å². The Hall–Kier alpha value is -2.68. The molecule has 0 spiro atoms. The molecule has 1 unspecified atom stereocenters. The number of imidazole rings is 1. The Morgan fingerprint density at radius 1 is 1.42 bits per heavy atom. The Bertz CT molecular complexity index is 802. The molecule has 1 amide bonds. The maximum absolute atomic E-state index is 14.1. The third-order valence-electron chi connectivity index (χ3n) is 3.79. The second kappa shape index (κ2) is 6.91. The van der Waals surface area contributed by atoms with Crippen LogP contribution in [0.3, 0.4) is 0 Å². The van der Waals surface area contributed by atoms with Gasteiger partial charge in [0.2, 0.25) is 0 Å². The molecule has 2 N–H and O–H groups in total. The van der Waals surface area contributed by atoms with Crippen molar-refractivity contribution in [3.63, 3.8) is 0 Å². The van der Waals surface area contributed by atoms with Gasteiger partial charge in [0.1, 0.15) is 18.0 Å². The minimum atomic E-state index is -0.601. The maximum Gasteiger partial charge on any atom is 0.411 e. The second-order valence-electron chi connectivity index (χ2n) is 7.04. The summed E-state index contributed by atoms with van der Waals surface area (Å²) >= 11 is 0. The number of nitrogens with two attached hydrogens (primary N) is 1. The highest BCUT2D eigenvalue weighted by Gasteiger charge is 2.33. The van der Waals surface area contributed by atoms with Gasteiger partial charge in [0.05, 0.1) is 30.8 Å². The van der Waals surface area contributed by atoms with Crippen molar-refractivity contribution in [3.05, 3.63) is 36.3 Å². The number of aromatic nitrogens is 3. The number of hydrogen-bond acceptors (Lipinski definition) is 6. The molecule has 140 valence electrons. The van der Waals surface area contributed by atoms with Gasteiger partial charge in [0.25, 0.3) is 0 Å². The summed E-state index contributed by atoms with van der Waals surface area (Å²) in [6.07, 6.45) is 4.00. The van der Waals surface area contributed by atoms with Crippen LogP contribution >= 0.6 is 0 Å². The second-order valence-corrected chi connectivity index (χ2v) is 7.04. The Balaban J connectivity index is 1.85. The van der Waals surface area contributed by atoms with Crippen LogP contribution in [0.2, 0.25) is 0 Å². The normalized spacial score (nSPS) is 18.0. The summed E-state index contributed by atoms with van der Waals surface area (Å²) in [6.45, 7) is 6.53. The summed E-state index contributed by atoms with van der Waals surface area (Å²) in [6, 6.07) is 0.773. The number of carbonyl (C=O) groups excluding carboxylic acids is 1. The van der Waals surface area contributed by atoms with E-state index in [2.05, 4.69) is 9.97 Å². The van der Waals surface area contributed by atoms with Crippen LogP contribution in [0.5, 0.6) is 0 Å². The Morgan fingerprint density at radius 3 is 2.88 bits per heavy atom. The molecule has 1 aliphatic rings. The molecule has 0 aromatic carbocycles. The lowest BCUT2D eigenvalue weighted by Crippen LogP contribution is -2.45. The molecular weight excluding hydrogens is 341 g/mol. The van der Waals surface area contributed by atoms with E-state index >= 15 is 0 Å². The Labute approximate surface area is 150 Å². The van der Waals surface area contributed by atoms with Crippen LogP contribution in [-0.4, -0.2) is 50.9 Å². The fraction of sp³-hybridized carbons (Fsp3) is 0.471. The SMILES string of the molecule is CC(C)(C)OC(=O)N1CCOCC1c1cn(-c2ncc(N)cc2F)cn1. The van der Waals surface area contributed by atoms with Crippen LogP contribution in [0.1, 0.15) is 32.5 Å². The van der Waals surface area contributed by atoms with Gasteiger partial charge in [-0.2, -0.15) is 0 Å². The summed E-state index contributed by atoms with van der Waals surface area (Å²) < 4.78 is 26.5. The zero-order valence-electron chi connectivity index (χ0n) is 15.0. The van der Waals surface area contributed by atoms with Gasteiger partial charge in [-0.25, -0.2) is 19.2 Å². The van der Waals surface area contributed by atoms with Crippen molar-refractivity contribution in [2.45, 2.75) is 32.4 Å². The molecule has 2 aromatic heterocycles. The van der Waals surface area contributed by atoms with Crippen LogP contribution < -0.4 is 5.73 Å². The average Bonchev–Trinajstić information content (AvgIpc) is 3.03. The summed E-state index contributed by atoms with van der Waals surface area (Å²) in [5.41, 5.74) is 5.73. The maximum atomic E-state index is 14.1. The number of pyridine rings is 1. The number of hydrogen-bond donors (Lipinski definition) is 1. The van der Waals surface area contributed by atoms with E-state index < -0.39 is 23.6 Å². The number of nitrogen functional groups attached to an aromatic ring is 1. The molecule has 1 fully saturated rings. The summed E-state index contributed by atoms with van der Waals surface area (Å²) in [7, 11) is 0. The Morgan fingerprint density at radius 2 is 2.19 bits per heavy atom. The number of ether oxygens (including phenoxy) is 2. The molecule has 0 saturated carbocycles. The fourth-order valence-corrected chi connectivity index (χ4v) is 2.65. The number of anilines is 1. The van der Waals surface area contributed by atoms with Crippen LogP contribution in [0, 0.1) is 5.82 Å². The van der Waals surface area contributed by atoms with Gasteiger partial charge in [-0.05, 0) is 20.8 Å². The lowest BCUT2D eigenvalue weighted by atomic mass is 10.1. The molecule has 0 bridgehead atoms. The zero-order chi connectivity index (χ0) is 18.9.